The van der Waals surface area contributed by atoms with Crippen molar-refractivity contribution in [3.05, 3.63) is 0 Å². The van der Waals surface area contributed by atoms with Crippen molar-refractivity contribution < 1.29 is 5.11 Å². The molecule has 3 N–H and O–H groups in total. The van der Waals surface area contributed by atoms with Gasteiger partial charge in [0.25, 0.3) is 0 Å². The quantitative estimate of drug-likeness (QED) is 0.709. The van der Waals surface area contributed by atoms with Gasteiger partial charge in [-0.15, -0.1) is 0 Å². The second kappa shape index (κ2) is 4.60. The molecule has 1 rings (SSSR count). The molecule has 3 heteroatoms. The van der Waals surface area contributed by atoms with E-state index in [1.807, 2.05) is 0 Å². The molecule has 1 heterocycles. The molecule has 14 heavy (non-hydrogen) atoms. The van der Waals surface area contributed by atoms with Crippen molar-refractivity contribution in [1.82, 2.24) is 4.90 Å². The lowest BCUT2D eigenvalue weighted by Crippen LogP contribution is -2.45. The molecule has 1 saturated heterocycles. The Morgan fingerprint density at radius 3 is 2.64 bits per heavy atom. The molecule has 1 aliphatic heterocycles. The van der Waals surface area contributed by atoms with Crippen LogP contribution in [0.3, 0.4) is 0 Å². The fourth-order valence-corrected chi connectivity index (χ4v) is 1.76. The van der Waals surface area contributed by atoms with Crippen molar-refractivity contribution in [2.45, 2.75) is 45.3 Å². The Morgan fingerprint density at radius 1 is 1.50 bits per heavy atom. The van der Waals surface area contributed by atoms with Crippen molar-refractivity contribution in [1.29, 1.82) is 0 Å². The van der Waals surface area contributed by atoms with E-state index in [-0.39, 0.29) is 11.6 Å². The Labute approximate surface area is 87.3 Å². The molecule has 0 aromatic rings. The van der Waals surface area contributed by atoms with Crippen LogP contribution in [0.2, 0.25) is 0 Å². The molecule has 1 fully saturated rings. The molecule has 84 valence electrons. The van der Waals surface area contributed by atoms with Gasteiger partial charge < -0.3 is 15.7 Å². The third kappa shape index (κ3) is 3.95. The van der Waals surface area contributed by atoms with Gasteiger partial charge >= 0.3 is 0 Å². The Balaban J connectivity index is 2.27. The smallest absolute Gasteiger partial charge is 0.0693 e. The summed E-state index contributed by atoms with van der Waals surface area (Å²) in [6.45, 7) is 9.15. The minimum absolute atomic E-state index is 0.0893. The van der Waals surface area contributed by atoms with Gasteiger partial charge in [0, 0.05) is 12.1 Å². The van der Waals surface area contributed by atoms with Crippen molar-refractivity contribution >= 4 is 0 Å². The number of aliphatic hydroxyl groups is 1. The number of hydrogen-bond donors (Lipinski definition) is 2. The van der Waals surface area contributed by atoms with Gasteiger partial charge in [-0.2, -0.15) is 0 Å². The Kier molecular flexibility index (Phi) is 3.93. The van der Waals surface area contributed by atoms with Crippen molar-refractivity contribution in [3.8, 4) is 0 Å². The summed E-state index contributed by atoms with van der Waals surface area (Å²) in [4.78, 5) is 2.32. The molecule has 0 amide bonds. The van der Waals surface area contributed by atoms with Gasteiger partial charge in [0.2, 0.25) is 0 Å². The number of rotatable bonds is 3. The largest absolute Gasteiger partial charge is 0.392 e. The summed E-state index contributed by atoms with van der Waals surface area (Å²) in [6.07, 6.45) is 1.95. The average Bonchev–Trinajstić information content (AvgIpc) is 2.06. The molecule has 2 unspecified atom stereocenters. The normalized spacial score (nSPS) is 30.6. The molecule has 0 spiro atoms. The Bertz CT molecular complexity index is 177. The van der Waals surface area contributed by atoms with Crippen LogP contribution >= 0.6 is 0 Å². The summed E-state index contributed by atoms with van der Waals surface area (Å²) in [7, 11) is 0. The van der Waals surface area contributed by atoms with Crippen LogP contribution in [-0.2, 0) is 0 Å². The highest BCUT2D eigenvalue weighted by Gasteiger charge is 2.24. The second-order valence-electron chi connectivity index (χ2n) is 5.37. The molecule has 0 radical (unpaired) electrons. The molecule has 3 nitrogen and oxygen atoms in total. The van der Waals surface area contributed by atoms with Gasteiger partial charge in [-0.05, 0) is 45.7 Å². The zero-order chi connectivity index (χ0) is 10.8. The molecule has 0 aliphatic carbocycles. The van der Waals surface area contributed by atoms with Gasteiger partial charge in [-0.1, -0.05) is 6.92 Å². The minimum Gasteiger partial charge on any atom is -0.392 e. The number of piperidine rings is 1. The zero-order valence-electron chi connectivity index (χ0n) is 9.66. The van der Waals surface area contributed by atoms with Crippen LogP contribution in [0.25, 0.3) is 0 Å². The number of likely N-dealkylation sites (tertiary alicyclic amines) is 1. The molecule has 2 atom stereocenters. The third-order valence-corrected chi connectivity index (χ3v) is 3.08. The first kappa shape index (κ1) is 12.0. The maximum absolute atomic E-state index is 9.70. The van der Waals surface area contributed by atoms with E-state index in [9.17, 15) is 5.11 Å². The molecule has 0 saturated carbocycles. The van der Waals surface area contributed by atoms with E-state index in [1.54, 1.807) is 0 Å². The van der Waals surface area contributed by atoms with Gasteiger partial charge in [0.05, 0.1) is 6.10 Å². The Morgan fingerprint density at radius 2 is 2.14 bits per heavy atom. The molecular weight excluding hydrogens is 176 g/mol. The summed E-state index contributed by atoms with van der Waals surface area (Å²) in [5, 5.41) is 9.70. The van der Waals surface area contributed by atoms with Crippen molar-refractivity contribution in [2.75, 3.05) is 19.6 Å². The van der Waals surface area contributed by atoms with Gasteiger partial charge in [0.15, 0.2) is 0 Å². The van der Waals surface area contributed by atoms with E-state index in [0.29, 0.717) is 5.92 Å². The van der Waals surface area contributed by atoms with Crippen LogP contribution < -0.4 is 5.73 Å². The lowest BCUT2D eigenvalue weighted by atomic mass is 9.95. The lowest BCUT2D eigenvalue weighted by Gasteiger charge is -2.35. The first-order valence-corrected chi connectivity index (χ1v) is 5.58. The highest BCUT2D eigenvalue weighted by atomic mass is 16.3. The average molecular weight is 200 g/mol. The van der Waals surface area contributed by atoms with Crippen LogP contribution in [0, 0.1) is 5.92 Å². The van der Waals surface area contributed by atoms with Gasteiger partial charge in [-0.25, -0.2) is 0 Å². The van der Waals surface area contributed by atoms with Crippen LogP contribution in [0.5, 0.6) is 0 Å². The fourth-order valence-electron chi connectivity index (χ4n) is 1.76. The van der Waals surface area contributed by atoms with E-state index in [4.69, 9.17) is 5.73 Å². The number of nitrogens with zero attached hydrogens (tertiary/aromatic N) is 1. The van der Waals surface area contributed by atoms with Gasteiger partial charge in [0.1, 0.15) is 0 Å². The molecule has 0 aromatic heterocycles. The summed E-state index contributed by atoms with van der Waals surface area (Å²) >= 11 is 0. The van der Waals surface area contributed by atoms with Crippen LogP contribution in [0.1, 0.15) is 33.6 Å². The maximum Gasteiger partial charge on any atom is 0.0693 e. The minimum atomic E-state index is -0.148. The molecule has 1 aliphatic rings. The third-order valence-electron chi connectivity index (χ3n) is 3.08. The van der Waals surface area contributed by atoms with Crippen LogP contribution in [0.15, 0.2) is 0 Å². The van der Waals surface area contributed by atoms with E-state index in [2.05, 4.69) is 25.7 Å². The SMILES string of the molecule is CC1CCN(CCC(C)(C)N)CC1O. The number of nitrogens with two attached hydrogens (primary N) is 1. The standard InChI is InChI=1S/C11H24N2O/c1-9-4-6-13(8-10(9)14)7-5-11(2,3)12/h9-10,14H,4-8,12H2,1-3H3. The number of aliphatic hydroxyl groups excluding tert-OH is 1. The fraction of sp³-hybridized carbons (Fsp3) is 1.00. The first-order valence-electron chi connectivity index (χ1n) is 5.58. The van der Waals surface area contributed by atoms with Gasteiger partial charge in [-0.3, -0.25) is 0 Å². The zero-order valence-corrected chi connectivity index (χ0v) is 9.66. The number of β-amino-alcohol motifs (C(OH)–C–C–N with tert-alkyl or cyclic N) is 1. The van der Waals surface area contributed by atoms with E-state index < -0.39 is 0 Å². The summed E-state index contributed by atoms with van der Waals surface area (Å²) in [5.41, 5.74) is 5.84. The summed E-state index contributed by atoms with van der Waals surface area (Å²) in [5.74, 6) is 0.456. The summed E-state index contributed by atoms with van der Waals surface area (Å²) < 4.78 is 0. The second-order valence-corrected chi connectivity index (χ2v) is 5.37. The highest BCUT2D eigenvalue weighted by Crippen LogP contribution is 2.17. The Hall–Kier alpha value is -0.120. The first-order chi connectivity index (χ1) is 6.38. The van der Waals surface area contributed by atoms with E-state index in [1.165, 1.54) is 0 Å². The monoisotopic (exact) mass is 200 g/mol. The van der Waals surface area contributed by atoms with Crippen LogP contribution in [-0.4, -0.2) is 41.3 Å². The molecule has 0 bridgehead atoms. The highest BCUT2D eigenvalue weighted by molar-refractivity contribution is 4.80. The molecule has 0 aromatic carbocycles. The van der Waals surface area contributed by atoms with Crippen molar-refractivity contribution in [3.63, 3.8) is 0 Å². The van der Waals surface area contributed by atoms with E-state index in [0.717, 1.165) is 32.5 Å². The molecular formula is C11H24N2O. The van der Waals surface area contributed by atoms with E-state index >= 15 is 0 Å². The summed E-state index contributed by atoms with van der Waals surface area (Å²) in [6, 6.07) is 0. The predicted molar refractivity (Wildman–Crippen MR) is 59.1 cm³/mol. The topological polar surface area (TPSA) is 49.5 Å². The van der Waals surface area contributed by atoms with Crippen LogP contribution in [0.4, 0.5) is 0 Å². The van der Waals surface area contributed by atoms with Crippen molar-refractivity contribution in [2.24, 2.45) is 11.7 Å². The number of hydrogen-bond acceptors (Lipinski definition) is 3. The lowest BCUT2D eigenvalue weighted by molar-refractivity contribution is 0.0270. The maximum atomic E-state index is 9.70. The predicted octanol–water partition coefficient (Wildman–Crippen LogP) is 0.816.